The molecule has 1 saturated heterocycles. The average Bonchev–Trinajstić information content (AvgIpc) is 3.31. The number of Topliss-reactive ketones (excluding diaryl/α,β-unsaturated/α-hetero) is 1. The van der Waals surface area contributed by atoms with Crippen LogP contribution in [0.15, 0.2) is 72.9 Å². The summed E-state index contributed by atoms with van der Waals surface area (Å²) in [6.45, 7) is 2.86. The number of carbonyl (C=O) groups excluding carboxylic acids is 2. The zero-order valence-corrected chi connectivity index (χ0v) is 21.2. The maximum Gasteiger partial charge on any atom is 0.324 e. The van der Waals surface area contributed by atoms with Crippen LogP contribution in [0.4, 0.5) is 10.5 Å². The van der Waals surface area contributed by atoms with E-state index in [1.54, 1.807) is 17.0 Å². The molecule has 0 radical (unpaired) electrons. The molecule has 0 bridgehead atoms. The third kappa shape index (κ3) is 5.26. The van der Waals surface area contributed by atoms with Crippen molar-refractivity contribution >= 4 is 28.4 Å². The van der Waals surface area contributed by atoms with Crippen molar-refractivity contribution in [2.24, 2.45) is 7.05 Å². The second-order valence-corrected chi connectivity index (χ2v) is 9.53. The first-order valence-electron chi connectivity index (χ1n) is 12.4. The Kier molecular flexibility index (Phi) is 7.03. The number of aliphatic hydroxyl groups excluding tert-OH is 1. The number of aryl methyl sites for hydroxylation is 1. The summed E-state index contributed by atoms with van der Waals surface area (Å²) in [5.74, 6) is -0.324. The van der Waals surface area contributed by atoms with Crippen LogP contribution in [0.1, 0.15) is 15.9 Å². The van der Waals surface area contributed by atoms with E-state index in [2.05, 4.69) is 47.4 Å². The van der Waals surface area contributed by atoms with Crippen molar-refractivity contribution in [1.29, 1.82) is 0 Å². The minimum atomic E-state index is -0.523. The Balaban J connectivity index is 1.47. The number of aliphatic hydroxyl groups is 1. The van der Waals surface area contributed by atoms with Crippen LogP contribution in [0.5, 0.6) is 0 Å². The van der Waals surface area contributed by atoms with Crippen molar-refractivity contribution in [2.45, 2.75) is 6.54 Å². The van der Waals surface area contributed by atoms with E-state index in [0.29, 0.717) is 25.2 Å². The lowest BCUT2D eigenvalue weighted by Gasteiger charge is -2.36. The van der Waals surface area contributed by atoms with Crippen LogP contribution in [0.2, 0.25) is 0 Å². The van der Waals surface area contributed by atoms with Gasteiger partial charge >= 0.3 is 6.03 Å². The molecule has 0 atom stereocenters. The predicted molar refractivity (Wildman–Crippen MR) is 145 cm³/mol. The number of nitrogens with zero attached hydrogens (tertiary/aromatic N) is 5. The molecule has 3 aromatic carbocycles. The molecule has 4 aromatic rings. The molecular formula is C29H31N5O3. The summed E-state index contributed by atoms with van der Waals surface area (Å²) in [5, 5.41) is 14.6. The highest BCUT2D eigenvalue weighted by Gasteiger charge is 2.26. The van der Waals surface area contributed by atoms with E-state index in [1.165, 1.54) is 0 Å². The van der Waals surface area contributed by atoms with Gasteiger partial charge in [0.25, 0.3) is 0 Å². The minimum Gasteiger partial charge on any atom is -0.388 e. The molecule has 1 aromatic heterocycles. The third-order valence-corrected chi connectivity index (χ3v) is 7.00. The molecule has 190 valence electrons. The number of rotatable bonds is 6. The van der Waals surface area contributed by atoms with Crippen LogP contribution in [-0.2, 0) is 13.6 Å². The number of carbonyl (C=O) groups is 2. The lowest BCUT2D eigenvalue weighted by atomic mass is 10.0. The monoisotopic (exact) mass is 497 g/mol. The van der Waals surface area contributed by atoms with E-state index < -0.39 is 6.61 Å². The minimum absolute atomic E-state index is 0.0385. The Labute approximate surface area is 216 Å². The summed E-state index contributed by atoms with van der Waals surface area (Å²) < 4.78 is 1.85. The Morgan fingerprint density at radius 3 is 2.38 bits per heavy atom. The molecule has 0 aliphatic carbocycles. The van der Waals surface area contributed by atoms with Crippen LogP contribution in [0, 0.1) is 0 Å². The predicted octanol–water partition coefficient (Wildman–Crippen LogP) is 3.79. The van der Waals surface area contributed by atoms with Gasteiger partial charge in [0.1, 0.15) is 6.61 Å². The van der Waals surface area contributed by atoms with Crippen molar-refractivity contribution in [3.8, 4) is 11.1 Å². The van der Waals surface area contributed by atoms with Gasteiger partial charge in [0, 0.05) is 49.9 Å². The summed E-state index contributed by atoms with van der Waals surface area (Å²) in [4.78, 5) is 31.6. The Morgan fingerprint density at radius 1 is 0.919 bits per heavy atom. The van der Waals surface area contributed by atoms with Crippen LogP contribution in [0.3, 0.4) is 0 Å². The van der Waals surface area contributed by atoms with E-state index in [1.807, 2.05) is 47.1 Å². The van der Waals surface area contributed by atoms with Gasteiger partial charge in [0.2, 0.25) is 0 Å². The standard InChI is InChI=1S/C29H31N5O3/c1-31-12-14-33(15-13-31)29(37)34(19-21-6-8-22(9-7-21)28(36)20-35)26-5-3-4-23(17-26)24-10-11-27-25(16-24)18-30-32(27)2/h3-11,16-18,35H,12-15,19-20H2,1-2H3. The van der Waals surface area contributed by atoms with Crippen molar-refractivity contribution in [2.75, 3.05) is 44.7 Å². The first-order chi connectivity index (χ1) is 17.9. The number of fused-ring (bicyclic) bond motifs is 1. The molecule has 1 aliphatic rings. The van der Waals surface area contributed by atoms with Crippen molar-refractivity contribution < 1.29 is 14.7 Å². The zero-order chi connectivity index (χ0) is 25.9. The first kappa shape index (κ1) is 24.7. The normalized spacial score (nSPS) is 14.2. The maximum atomic E-state index is 13.8. The first-order valence-corrected chi connectivity index (χ1v) is 12.4. The van der Waals surface area contributed by atoms with Gasteiger partial charge in [-0.05, 0) is 48.0 Å². The number of anilines is 1. The van der Waals surface area contributed by atoms with Crippen LogP contribution in [0.25, 0.3) is 22.0 Å². The number of ketones is 1. The van der Waals surface area contributed by atoms with E-state index in [-0.39, 0.29) is 11.8 Å². The van der Waals surface area contributed by atoms with E-state index >= 15 is 0 Å². The van der Waals surface area contributed by atoms with Gasteiger partial charge in [-0.25, -0.2) is 4.79 Å². The fourth-order valence-electron chi connectivity index (χ4n) is 4.70. The highest BCUT2D eigenvalue weighted by Crippen LogP contribution is 2.29. The summed E-state index contributed by atoms with van der Waals surface area (Å²) in [6.07, 6.45) is 1.86. The summed E-state index contributed by atoms with van der Waals surface area (Å²) in [6, 6.07) is 21.3. The van der Waals surface area contributed by atoms with Crippen LogP contribution >= 0.6 is 0 Å². The molecule has 8 nitrogen and oxygen atoms in total. The van der Waals surface area contributed by atoms with E-state index in [0.717, 1.165) is 46.4 Å². The number of hydrogen-bond acceptors (Lipinski definition) is 5. The largest absolute Gasteiger partial charge is 0.388 e. The molecular weight excluding hydrogens is 466 g/mol. The fourth-order valence-corrected chi connectivity index (χ4v) is 4.70. The molecule has 1 aliphatic heterocycles. The summed E-state index contributed by atoms with van der Waals surface area (Å²) in [5.41, 5.74) is 5.30. The van der Waals surface area contributed by atoms with Gasteiger partial charge in [-0.15, -0.1) is 0 Å². The van der Waals surface area contributed by atoms with Crippen molar-refractivity contribution in [3.63, 3.8) is 0 Å². The molecule has 8 heteroatoms. The maximum absolute atomic E-state index is 13.8. The Morgan fingerprint density at radius 2 is 1.65 bits per heavy atom. The Hall–Kier alpha value is -4.01. The molecule has 5 rings (SSSR count). The molecule has 0 spiro atoms. The molecule has 1 fully saturated rings. The van der Waals surface area contributed by atoms with E-state index in [4.69, 9.17) is 5.11 Å². The lowest BCUT2D eigenvalue weighted by molar-refractivity contribution is 0.0903. The second kappa shape index (κ2) is 10.5. The second-order valence-electron chi connectivity index (χ2n) is 9.53. The molecule has 37 heavy (non-hydrogen) atoms. The molecule has 1 N–H and O–H groups in total. The number of benzene rings is 3. The highest BCUT2D eigenvalue weighted by atomic mass is 16.3. The van der Waals surface area contributed by atoms with Gasteiger partial charge in [-0.3, -0.25) is 14.4 Å². The highest BCUT2D eigenvalue weighted by molar-refractivity contribution is 5.97. The molecule has 0 unspecified atom stereocenters. The smallest absolute Gasteiger partial charge is 0.324 e. The summed E-state index contributed by atoms with van der Waals surface area (Å²) in [7, 11) is 3.99. The Bertz CT molecular complexity index is 1420. The number of hydrogen-bond donors (Lipinski definition) is 1. The average molecular weight is 498 g/mol. The van der Waals surface area contributed by atoms with Gasteiger partial charge < -0.3 is 14.9 Å². The van der Waals surface area contributed by atoms with Crippen LogP contribution in [-0.4, -0.2) is 76.3 Å². The van der Waals surface area contributed by atoms with Gasteiger partial charge in [0.15, 0.2) is 5.78 Å². The quantitative estimate of drug-likeness (QED) is 0.410. The number of likely N-dealkylation sites (N-methyl/N-ethyl adjacent to an activating group) is 1. The number of piperazine rings is 1. The van der Waals surface area contributed by atoms with Crippen LogP contribution < -0.4 is 4.90 Å². The molecule has 2 heterocycles. The zero-order valence-electron chi connectivity index (χ0n) is 21.2. The number of aromatic nitrogens is 2. The molecule has 2 amide bonds. The van der Waals surface area contributed by atoms with Crippen molar-refractivity contribution in [1.82, 2.24) is 19.6 Å². The third-order valence-electron chi connectivity index (χ3n) is 7.00. The molecule has 0 saturated carbocycles. The number of urea groups is 1. The van der Waals surface area contributed by atoms with Crippen molar-refractivity contribution in [3.05, 3.63) is 84.1 Å². The SMILES string of the molecule is CN1CCN(C(=O)N(Cc2ccc(C(=O)CO)cc2)c2cccc(-c3ccc4c(cnn4C)c3)c2)CC1. The lowest BCUT2D eigenvalue weighted by Crippen LogP contribution is -2.51. The van der Waals surface area contributed by atoms with Gasteiger partial charge in [0.05, 0.1) is 18.3 Å². The summed E-state index contributed by atoms with van der Waals surface area (Å²) >= 11 is 0. The number of amides is 2. The fraction of sp³-hybridized carbons (Fsp3) is 0.276. The topological polar surface area (TPSA) is 81.9 Å². The van der Waals surface area contributed by atoms with Gasteiger partial charge in [-0.1, -0.05) is 42.5 Å². The van der Waals surface area contributed by atoms with Gasteiger partial charge in [-0.2, -0.15) is 5.10 Å². The van der Waals surface area contributed by atoms with E-state index in [9.17, 15) is 9.59 Å².